The second-order valence-corrected chi connectivity index (χ2v) is 11.5. The first-order valence-corrected chi connectivity index (χ1v) is 14.0. The van der Waals surface area contributed by atoms with Gasteiger partial charge >= 0.3 is 0 Å². The molecule has 2 aromatic rings. The Kier molecular flexibility index (Phi) is 12.3. The highest BCUT2D eigenvalue weighted by molar-refractivity contribution is 7.91. The number of nitrogens with one attached hydrogen (secondary N) is 1. The van der Waals surface area contributed by atoms with Gasteiger partial charge < -0.3 is 9.47 Å². The van der Waals surface area contributed by atoms with Crippen LogP contribution in [-0.4, -0.2) is 49.0 Å². The number of hydroxylamine groups is 1. The Hall–Kier alpha value is -2.24. The van der Waals surface area contributed by atoms with Crippen LogP contribution in [0.3, 0.4) is 0 Å². The first kappa shape index (κ1) is 31.0. The third-order valence-electron chi connectivity index (χ3n) is 6.04. The summed E-state index contributed by atoms with van der Waals surface area (Å²) < 4.78 is 37.2. The van der Waals surface area contributed by atoms with E-state index < -0.39 is 9.84 Å². The summed E-state index contributed by atoms with van der Waals surface area (Å²) in [5.41, 5.74) is 2.96. The number of ether oxygens (including phenoxy) is 2. The lowest BCUT2D eigenvalue weighted by molar-refractivity contribution is -0.166. The maximum Gasteiger partial charge on any atom is 0.236 e. The molecule has 1 aromatic heterocycles. The second-order valence-electron chi connectivity index (χ2n) is 9.58. The summed E-state index contributed by atoms with van der Waals surface area (Å²) in [5.74, 6) is 1.06. The number of carbonyl (C=O) groups excluding carboxylic acids is 1. The summed E-state index contributed by atoms with van der Waals surface area (Å²) in [4.78, 5) is 16.5. The molecule has 0 saturated heterocycles. The fourth-order valence-electron chi connectivity index (χ4n) is 4.19. The molecule has 0 unspecified atom stereocenters. The number of nitrogens with zero attached hydrogens (tertiary/aromatic N) is 2. The molecule has 37 heavy (non-hydrogen) atoms. The maximum atomic E-state index is 13.0. The number of pyridine rings is 1. The number of sulfone groups is 1. The minimum Gasteiger partial charge on any atom is -0.494 e. The Bertz CT molecular complexity index is 1090. The first-order chi connectivity index (χ1) is 17.2. The van der Waals surface area contributed by atoms with E-state index >= 15 is 0 Å². The molecule has 2 N–H and O–H groups in total. The average Bonchev–Trinajstić information content (AvgIpc) is 2.84. The van der Waals surface area contributed by atoms with E-state index in [0.717, 1.165) is 32.3 Å². The zero-order chi connectivity index (χ0) is 26.1. The predicted octanol–water partition coefficient (Wildman–Crippen LogP) is 4.58. The van der Waals surface area contributed by atoms with Crippen molar-refractivity contribution in [3.8, 4) is 5.75 Å². The minimum absolute atomic E-state index is 0. The average molecular weight is 556 g/mol. The largest absolute Gasteiger partial charge is 0.494 e. The fourth-order valence-corrected chi connectivity index (χ4v) is 5.44. The normalized spacial score (nSPS) is 17.9. The predicted molar refractivity (Wildman–Crippen MR) is 141 cm³/mol. The number of amides is 1. The molecule has 1 amide bonds. The second kappa shape index (κ2) is 14.6. The summed E-state index contributed by atoms with van der Waals surface area (Å²) in [6.07, 6.45) is 5.67. The van der Waals surface area contributed by atoms with Crippen molar-refractivity contribution in [2.24, 2.45) is 11.8 Å². The van der Waals surface area contributed by atoms with Gasteiger partial charge in [-0.05, 0) is 86.4 Å². The van der Waals surface area contributed by atoms with Crippen LogP contribution in [0.1, 0.15) is 58.4 Å². The molecule has 0 atom stereocenters. The summed E-state index contributed by atoms with van der Waals surface area (Å²) >= 11 is 0. The van der Waals surface area contributed by atoms with E-state index in [1.165, 1.54) is 24.4 Å². The number of halogens is 1. The van der Waals surface area contributed by atoms with E-state index in [1.807, 2.05) is 6.92 Å². The van der Waals surface area contributed by atoms with E-state index in [1.54, 1.807) is 18.2 Å². The van der Waals surface area contributed by atoms with Crippen LogP contribution >= 0.6 is 12.4 Å². The van der Waals surface area contributed by atoms with Crippen LogP contribution in [0.25, 0.3) is 0 Å². The molecule has 1 saturated carbocycles. The molecule has 1 aliphatic rings. The van der Waals surface area contributed by atoms with Crippen molar-refractivity contribution >= 4 is 28.2 Å². The highest BCUT2D eigenvalue weighted by Crippen LogP contribution is 2.29. The van der Waals surface area contributed by atoms with E-state index in [4.69, 9.17) is 9.47 Å². The molecule has 1 aliphatic carbocycles. The van der Waals surface area contributed by atoms with Gasteiger partial charge in [-0.3, -0.25) is 15.4 Å². The van der Waals surface area contributed by atoms with E-state index in [2.05, 4.69) is 24.3 Å². The summed E-state index contributed by atoms with van der Waals surface area (Å²) in [5, 5.41) is 10.8. The molecule has 0 spiro atoms. The SMILES string of the molecule is CCOc1ccc(S(=O)(=O)c2cc(CN(O)NC(=O)C[C@H]3CC[C@H](OCC(C)C)CC3)ccn2)cc1.Cl. The molecular weight excluding hydrogens is 518 g/mol. The van der Waals surface area contributed by atoms with Crippen LogP contribution < -0.4 is 10.2 Å². The standard InChI is InChI=1S/C26H37N3O6S.ClH/c1-4-34-22-9-11-24(12-10-22)36(32,33)26-16-21(13-14-27-26)17-29(31)28-25(30)15-20-5-7-23(8-6-20)35-18-19(2)3;/h9-14,16,19-20,23,31H,4-8,15,17-18H2,1-3H3,(H,28,30);1H/t20-,23-;. The van der Waals surface area contributed by atoms with Crippen molar-refractivity contribution in [3.63, 3.8) is 0 Å². The van der Waals surface area contributed by atoms with Gasteiger partial charge in [-0.1, -0.05) is 19.0 Å². The van der Waals surface area contributed by atoms with Crippen molar-refractivity contribution < 1.29 is 27.9 Å². The lowest BCUT2D eigenvalue weighted by Gasteiger charge is -2.29. The van der Waals surface area contributed by atoms with Crippen molar-refractivity contribution in [2.75, 3.05) is 13.2 Å². The van der Waals surface area contributed by atoms with Crippen LogP contribution in [0.4, 0.5) is 0 Å². The molecule has 3 rings (SSSR count). The van der Waals surface area contributed by atoms with Crippen LogP contribution in [0.5, 0.6) is 5.75 Å². The van der Waals surface area contributed by atoms with Gasteiger partial charge in [-0.2, -0.15) is 0 Å². The third kappa shape index (κ3) is 9.54. The van der Waals surface area contributed by atoms with Crippen molar-refractivity contribution in [2.45, 2.75) is 75.4 Å². The van der Waals surface area contributed by atoms with Gasteiger partial charge in [-0.15, -0.1) is 12.4 Å². The highest BCUT2D eigenvalue weighted by Gasteiger charge is 2.25. The molecule has 1 fully saturated rings. The monoisotopic (exact) mass is 555 g/mol. The molecule has 206 valence electrons. The van der Waals surface area contributed by atoms with Crippen LogP contribution in [0, 0.1) is 11.8 Å². The topological polar surface area (TPSA) is 118 Å². The van der Waals surface area contributed by atoms with Gasteiger partial charge in [0.05, 0.1) is 24.2 Å². The first-order valence-electron chi connectivity index (χ1n) is 12.5. The maximum absolute atomic E-state index is 13.0. The van der Waals surface area contributed by atoms with Gasteiger partial charge in [0.15, 0.2) is 5.03 Å². The highest BCUT2D eigenvalue weighted by atomic mass is 35.5. The Morgan fingerprint density at radius 1 is 1.16 bits per heavy atom. The number of aromatic nitrogens is 1. The Balaban J connectivity index is 0.00000481. The minimum atomic E-state index is -3.85. The third-order valence-corrected chi connectivity index (χ3v) is 7.71. The van der Waals surface area contributed by atoms with Gasteiger partial charge in [0.2, 0.25) is 15.7 Å². The van der Waals surface area contributed by atoms with Gasteiger partial charge in [0.25, 0.3) is 0 Å². The number of hydrazine groups is 1. The number of hydrogen-bond donors (Lipinski definition) is 2. The Morgan fingerprint density at radius 2 is 1.84 bits per heavy atom. The quantitative estimate of drug-likeness (QED) is 0.365. The molecule has 0 bridgehead atoms. The van der Waals surface area contributed by atoms with Crippen LogP contribution in [-0.2, 0) is 25.9 Å². The number of benzene rings is 1. The summed E-state index contributed by atoms with van der Waals surface area (Å²) in [7, 11) is -3.85. The Morgan fingerprint density at radius 3 is 2.46 bits per heavy atom. The lowest BCUT2D eigenvalue weighted by Crippen LogP contribution is -2.40. The molecule has 0 aliphatic heterocycles. The zero-order valence-corrected chi connectivity index (χ0v) is 23.3. The molecule has 11 heteroatoms. The van der Waals surface area contributed by atoms with Crippen LogP contribution in [0.15, 0.2) is 52.5 Å². The molecular formula is C26H38ClN3O6S. The van der Waals surface area contributed by atoms with Gasteiger partial charge in [-0.25, -0.2) is 13.4 Å². The molecule has 1 aromatic carbocycles. The van der Waals surface area contributed by atoms with Gasteiger partial charge in [0.1, 0.15) is 5.75 Å². The van der Waals surface area contributed by atoms with Crippen molar-refractivity contribution in [1.82, 2.24) is 15.6 Å². The smallest absolute Gasteiger partial charge is 0.236 e. The Labute approximate surface area is 225 Å². The number of carbonyl (C=O) groups is 1. The zero-order valence-electron chi connectivity index (χ0n) is 21.6. The van der Waals surface area contributed by atoms with Gasteiger partial charge in [0, 0.05) is 19.2 Å². The molecule has 9 nitrogen and oxygen atoms in total. The fraction of sp³-hybridized carbons (Fsp3) is 0.538. The number of hydrogen-bond acceptors (Lipinski definition) is 8. The summed E-state index contributed by atoms with van der Waals surface area (Å²) in [6.45, 7) is 7.26. The van der Waals surface area contributed by atoms with Crippen molar-refractivity contribution in [3.05, 3.63) is 48.2 Å². The number of rotatable bonds is 12. The molecule has 0 radical (unpaired) electrons. The van der Waals surface area contributed by atoms with Crippen molar-refractivity contribution in [1.29, 1.82) is 0 Å². The van der Waals surface area contributed by atoms with E-state index in [-0.39, 0.29) is 46.8 Å². The molecule has 1 heterocycles. The van der Waals surface area contributed by atoms with E-state index in [0.29, 0.717) is 35.4 Å². The lowest BCUT2D eigenvalue weighted by atomic mass is 9.85. The van der Waals surface area contributed by atoms with Crippen LogP contribution in [0.2, 0.25) is 0 Å². The summed E-state index contributed by atoms with van der Waals surface area (Å²) in [6, 6.07) is 9.10. The van der Waals surface area contributed by atoms with E-state index in [9.17, 15) is 18.4 Å².